The highest BCUT2D eigenvalue weighted by atomic mass is 32.2. The maximum Gasteiger partial charge on any atom is 0.303 e. The summed E-state index contributed by atoms with van der Waals surface area (Å²) < 4.78 is 30.9. The minimum Gasteiger partial charge on any atom is -0.456 e. The van der Waals surface area contributed by atoms with Crippen molar-refractivity contribution in [2.45, 2.75) is 61.1 Å². The van der Waals surface area contributed by atoms with Gasteiger partial charge in [-0.2, -0.15) is 0 Å². The molecule has 1 saturated heterocycles. The van der Waals surface area contributed by atoms with Crippen LogP contribution in [0.25, 0.3) is 0 Å². The van der Waals surface area contributed by atoms with Crippen molar-refractivity contribution in [3.8, 4) is 0 Å². The van der Waals surface area contributed by atoms with E-state index < -0.39 is 53.4 Å². The molecule has 46 heavy (non-hydrogen) atoms. The number of hydrogen-bond acceptors (Lipinski definition) is 9. The minimum absolute atomic E-state index is 0.0902. The summed E-state index contributed by atoms with van der Waals surface area (Å²) in [6.07, 6.45) is -4.35. The molecule has 9 heteroatoms. The Hall–Kier alpha value is -4.44. The molecule has 0 bridgehead atoms. The van der Waals surface area contributed by atoms with Gasteiger partial charge >= 0.3 is 17.9 Å². The van der Waals surface area contributed by atoms with Gasteiger partial charge in [0.05, 0.1) is 6.61 Å². The van der Waals surface area contributed by atoms with E-state index >= 15 is 0 Å². The number of carbonyl (C=O) groups is 3. The molecule has 0 N–H and O–H groups in total. The van der Waals surface area contributed by atoms with E-state index in [0.717, 1.165) is 21.6 Å². The normalized spacial score (nSPS) is 21.2. The van der Waals surface area contributed by atoms with Crippen molar-refractivity contribution in [1.29, 1.82) is 0 Å². The van der Waals surface area contributed by atoms with Gasteiger partial charge in [-0.25, -0.2) is 0 Å². The van der Waals surface area contributed by atoms with Crippen molar-refractivity contribution in [3.63, 3.8) is 0 Å². The van der Waals surface area contributed by atoms with E-state index in [9.17, 15) is 14.4 Å². The quantitative estimate of drug-likeness (QED) is 0.106. The summed E-state index contributed by atoms with van der Waals surface area (Å²) in [6.45, 7) is 3.68. The third-order valence-corrected chi connectivity index (χ3v) is 8.65. The van der Waals surface area contributed by atoms with Crippen LogP contribution in [0.5, 0.6) is 0 Å². The number of thioether (sulfide) groups is 1. The number of benzene rings is 4. The molecule has 0 radical (unpaired) electrons. The summed E-state index contributed by atoms with van der Waals surface area (Å²) in [7, 11) is 0. The van der Waals surface area contributed by atoms with Gasteiger partial charge in [0.2, 0.25) is 0 Å². The van der Waals surface area contributed by atoms with Crippen LogP contribution in [0.3, 0.4) is 0 Å². The maximum atomic E-state index is 12.5. The summed E-state index contributed by atoms with van der Waals surface area (Å²) in [5.74, 6) is -1.85. The standard InChI is InChI=1S/C37H36O8S/c1-25(38)42-33-32(45-36(46-31-22-14-7-15-23-31)35(44-27(3)40)34(33)43-26(2)39)24-41-37(28-16-8-4-9-17-28,29-18-10-5-11-19-29)30-20-12-6-13-21-30/h4-23,32-36H,24H2,1-3H3/t32-,33+,34+,35-,36+/m1/s1. The Morgan fingerprint density at radius 1 is 0.587 bits per heavy atom. The van der Waals surface area contributed by atoms with Gasteiger partial charge in [0.25, 0.3) is 0 Å². The molecule has 0 aliphatic carbocycles. The first-order valence-electron chi connectivity index (χ1n) is 15.0. The maximum absolute atomic E-state index is 12.5. The lowest BCUT2D eigenvalue weighted by Gasteiger charge is -2.45. The molecule has 238 valence electrons. The molecule has 8 nitrogen and oxygen atoms in total. The summed E-state index contributed by atoms with van der Waals surface area (Å²) in [5.41, 5.74) is 0.681. The van der Waals surface area contributed by atoms with E-state index in [1.807, 2.05) is 121 Å². The van der Waals surface area contributed by atoms with Crippen LogP contribution >= 0.6 is 11.8 Å². The number of esters is 3. The lowest BCUT2D eigenvalue weighted by atomic mass is 9.80. The Balaban J connectivity index is 1.60. The summed E-state index contributed by atoms with van der Waals surface area (Å²) in [6, 6.07) is 38.9. The van der Waals surface area contributed by atoms with Crippen LogP contribution in [-0.4, -0.2) is 54.4 Å². The highest BCUT2D eigenvalue weighted by Gasteiger charge is 2.53. The SMILES string of the molecule is CC(=O)O[C@H]1[C@@H](OC(C)=O)[C@@H](COC(c2ccccc2)(c2ccccc2)c2ccccc2)O[C@@H](Sc2ccccc2)[C@@H]1OC(C)=O. The fraction of sp³-hybridized carbons (Fsp3) is 0.270. The number of hydrogen-bond donors (Lipinski definition) is 0. The van der Waals surface area contributed by atoms with Crippen LogP contribution in [0.1, 0.15) is 37.5 Å². The molecule has 5 rings (SSSR count). The van der Waals surface area contributed by atoms with Crippen molar-refractivity contribution in [2.24, 2.45) is 0 Å². The Morgan fingerprint density at radius 3 is 1.41 bits per heavy atom. The van der Waals surface area contributed by atoms with E-state index in [0.29, 0.717) is 0 Å². The lowest BCUT2D eigenvalue weighted by molar-refractivity contribution is -0.241. The second-order valence-electron chi connectivity index (χ2n) is 10.8. The van der Waals surface area contributed by atoms with Crippen molar-refractivity contribution >= 4 is 29.7 Å². The molecule has 4 aromatic carbocycles. The van der Waals surface area contributed by atoms with Crippen LogP contribution in [-0.2, 0) is 43.7 Å². The topological polar surface area (TPSA) is 97.4 Å². The van der Waals surface area contributed by atoms with Crippen LogP contribution in [0.4, 0.5) is 0 Å². The van der Waals surface area contributed by atoms with Crippen molar-refractivity contribution in [1.82, 2.24) is 0 Å². The van der Waals surface area contributed by atoms with E-state index in [2.05, 4.69) is 0 Å². The summed E-state index contributed by atoms with van der Waals surface area (Å²) in [4.78, 5) is 38.1. The molecule has 0 unspecified atom stereocenters. The smallest absolute Gasteiger partial charge is 0.303 e. The average Bonchev–Trinajstić information content (AvgIpc) is 3.06. The van der Waals surface area contributed by atoms with Gasteiger partial charge in [-0.15, -0.1) is 0 Å². The lowest BCUT2D eigenvalue weighted by Crippen LogP contribution is -2.61. The monoisotopic (exact) mass is 640 g/mol. The molecule has 5 atom stereocenters. The molecular weight excluding hydrogens is 604 g/mol. The van der Waals surface area contributed by atoms with Crippen LogP contribution in [0.15, 0.2) is 126 Å². The first-order valence-corrected chi connectivity index (χ1v) is 15.8. The molecule has 4 aromatic rings. The third kappa shape index (κ3) is 7.67. The van der Waals surface area contributed by atoms with Gasteiger partial charge in [0.1, 0.15) is 17.1 Å². The highest BCUT2D eigenvalue weighted by molar-refractivity contribution is 7.99. The van der Waals surface area contributed by atoms with Crippen molar-refractivity contribution < 1.29 is 38.1 Å². The molecule has 1 fully saturated rings. The molecule has 0 amide bonds. The summed E-state index contributed by atoms with van der Waals surface area (Å²) >= 11 is 1.31. The van der Waals surface area contributed by atoms with Crippen LogP contribution in [0, 0.1) is 0 Å². The molecular formula is C37H36O8S. The number of ether oxygens (including phenoxy) is 5. The van der Waals surface area contributed by atoms with E-state index in [4.69, 9.17) is 23.7 Å². The summed E-state index contributed by atoms with van der Waals surface area (Å²) in [5, 5.41) is 0. The van der Waals surface area contributed by atoms with Gasteiger partial charge in [-0.05, 0) is 28.8 Å². The van der Waals surface area contributed by atoms with E-state index in [1.54, 1.807) is 0 Å². The largest absolute Gasteiger partial charge is 0.456 e. The van der Waals surface area contributed by atoms with Gasteiger partial charge in [0, 0.05) is 25.7 Å². The zero-order valence-electron chi connectivity index (χ0n) is 25.8. The highest BCUT2D eigenvalue weighted by Crippen LogP contribution is 2.43. The fourth-order valence-corrected chi connectivity index (χ4v) is 6.82. The molecule has 0 saturated carbocycles. The third-order valence-electron chi connectivity index (χ3n) is 7.50. The van der Waals surface area contributed by atoms with E-state index in [-0.39, 0.29) is 6.61 Å². The zero-order valence-corrected chi connectivity index (χ0v) is 26.6. The second-order valence-corrected chi connectivity index (χ2v) is 12.0. The molecule has 1 aliphatic rings. The van der Waals surface area contributed by atoms with Crippen LogP contribution < -0.4 is 0 Å². The minimum atomic E-state index is -1.17. The Morgan fingerprint density at radius 2 is 0.978 bits per heavy atom. The number of carbonyl (C=O) groups excluding carboxylic acids is 3. The van der Waals surface area contributed by atoms with Gasteiger partial charge in [-0.1, -0.05) is 121 Å². The zero-order chi connectivity index (χ0) is 32.5. The fourth-order valence-electron chi connectivity index (χ4n) is 5.69. The second kappa shape index (κ2) is 15.2. The Labute approximate surface area is 273 Å². The predicted octanol–water partition coefficient (Wildman–Crippen LogP) is 6.31. The molecule has 0 aromatic heterocycles. The van der Waals surface area contributed by atoms with Crippen molar-refractivity contribution in [2.75, 3.05) is 6.61 Å². The first kappa shape index (κ1) is 32.9. The first-order chi connectivity index (χ1) is 22.3. The van der Waals surface area contributed by atoms with Gasteiger partial charge in [0.15, 0.2) is 18.3 Å². The number of rotatable bonds is 11. The van der Waals surface area contributed by atoms with Crippen molar-refractivity contribution in [3.05, 3.63) is 138 Å². The Bertz CT molecular complexity index is 1490. The molecule has 1 aliphatic heterocycles. The molecule has 0 spiro atoms. The average molecular weight is 641 g/mol. The van der Waals surface area contributed by atoms with Gasteiger partial charge in [-0.3, -0.25) is 14.4 Å². The van der Waals surface area contributed by atoms with Gasteiger partial charge < -0.3 is 23.7 Å². The van der Waals surface area contributed by atoms with E-state index in [1.165, 1.54) is 32.5 Å². The predicted molar refractivity (Wildman–Crippen MR) is 173 cm³/mol. The van der Waals surface area contributed by atoms with Crippen LogP contribution in [0.2, 0.25) is 0 Å². The Kier molecular flexibility index (Phi) is 10.9. The molecule has 1 heterocycles.